The number of nitrogens with one attached hydrogen (secondary N) is 1. The summed E-state index contributed by atoms with van der Waals surface area (Å²) in [6, 6.07) is 0. The molecule has 1 heterocycles. The number of nitrogens with zero attached hydrogens (tertiary/aromatic N) is 1. The zero-order valence-corrected chi connectivity index (χ0v) is 14.2. The third-order valence-corrected chi connectivity index (χ3v) is 4.12. The maximum absolute atomic E-state index is 5.34. The molecular weight excluding hydrogens is 260 g/mol. The molecule has 0 aromatic carbocycles. The fourth-order valence-electron chi connectivity index (χ4n) is 2.79. The Hall–Kier alpha value is -0.570. The minimum absolute atomic E-state index is 0.863. The summed E-state index contributed by atoms with van der Waals surface area (Å²) in [7, 11) is 0. The molecule has 0 bridgehead atoms. The predicted octanol–water partition coefficient (Wildman–Crippen LogP) is 4.71. The summed E-state index contributed by atoms with van der Waals surface area (Å²) in [6.07, 6.45) is 16.0. The number of rotatable bonds is 13. The molecule has 1 rings (SSSR count). The average Bonchev–Trinajstić information content (AvgIpc) is 2.53. The van der Waals surface area contributed by atoms with E-state index in [9.17, 15) is 0 Å². The van der Waals surface area contributed by atoms with Gasteiger partial charge >= 0.3 is 0 Å². The normalized spacial score (nSPS) is 17.1. The number of hydrogen-bond donors (Lipinski definition) is 1. The van der Waals surface area contributed by atoms with E-state index in [1.807, 2.05) is 0 Å². The first-order chi connectivity index (χ1) is 10.4. The first-order valence-electron chi connectivity index (χ1n) is 9.28. The van der Waals surface area contributed by atoms with E-state index in [1.165, 1.54) is 82.9 Å². The minimum atomic E-state index is 0.863. The van der Waals surface area contributed by atoms with Crippen molar-refractivity contribution in [2.24, 2.45) is 4.99 Å². The SMILES string of the molecule is CCOCCCCCCCCCCC/N=C1/CCCCN1. The second-order valence-corrected chi connectivity index (χ2v) is 6.09. The van der Waals surface area contributed by atoms with E-state index in [0.717, 1.165) is 26.3 Å². The molecule has 0 atom stereocenters. The molecule has 21 heavy (non-hydrogen) atoms. The fourth-order valence-corrected chi connectivity index (χ4v) is 2.79. The summed E-state index contributed by atoms with van der Waals surface area (Å²) in [5.74, 6) is 1.26. The zero-order valence-electron chi connectivity index (χ0n) is 14.2. The Morgan fingerprint density at radius 2 is 1.57 bits per heavy atom. The van der Waals surface area contributed by atoms with Gasteiger partial charge in [-0.3, -0.25) is 4.99 Å². The number of hydrogen-bond acceptors (Lipinski definition) is 2. The van der Waals surface area contributed by atoms with Crippen molar-refractivity contribution in [2.75, 3.05) is 26.3 Å². The number of piperidine rings is 1. The monoisotopic (exact) mass is 296 g/mol. The number of amidine groups is 1. The Labute approximate surface area is 131 Å². The van der Waals surface area contributed by atoms with Crippen molar-refractivity contribution in [2.45, 2.75) is 84.0 Å². The summed E-state index contributed by atoms with van der Waals surface area (Å²) < 4.78 is 5.34. The van der Waals surface area contributed by atoms with Gasteiger partial charge in [0.2, 0.25) is 0 Å². The molecule has 0 saturated carbocycles. The van der Waals surface area contributed by atoms with Crippen LogP contribution in [0.1, 0.15) is 84.0 Å². The summed E-state index contributed by atoms with van der Waals surface area (Å²) in [4.78, 5) is 4.66. The first-order valence-corrected chi connectivity index (χ1v) is 9.28. The second kappa shape index (κ2) is 14.4. The lowest BCUT2D eigenvalue weighted by molar-refractivity contribution is 0.143. The van der Waals surface area contributed by atoms with Crippen LogP contribution in [0.15, 0.2) is 4.99 Å². The standard InChI is InChI=1S/C18H36N2O/c1-2-21-17-13-9-7-5-3-4-6-8-11-15-19-18-14-10-12-16-20-18/h2-17H2,1H3,(H,19,20). The Morgan fingerprint density at radius 1 is 0.905 bits per heavy atom. The van der Waals surface area contributed by atoms with Crippen molar-refractivity contribution < 1.29 is 4.74 Å². The van der Waals surface area contributed by atoms with E-state index >= 15 is 0 Å². The van der Waals surface area contributed by atoms with E-state index < -0.39 is 0 Å². The summed E-state index contributed by atoms with van der Waals surface area (Å²) in [5.41, 5.74) is 0. The van der Waals surface area contributed by atoms with Crippen molar-refractivity contribution in [1.29, 1.82) is 0 Å². The maximum atomic E-state index is 5.34. The maximum Gasteiger partial charge on any atom is 0.0963 e. The highest BCUT2D eigenvalue weighted by atomic mass is 16.5. The van der Waals surface area contributed by atoms with Crippen LogP contribution in [0, 0.1) is 0 Å². The zero-order chi connectivity index (χ0) is 15.0. The number of ether oxygens (including phenoxy) is 1. The van der Waals surface area contributed by atoms with Crippen LogP contribution in [0.25, 0.3) is 0 Å². The molecule has 0 radical (unpaired) electrons. The number of unbranched alkanes of at least 4 members (excludes halogenated alkanes) is 8. The van der Waals surface area contributed by atoms with Crippen LogP contribution in [-0.4, -0.2) is 32.1 Å². The Morgan fingerprint density at radius 3 is 2.19 bits per heavy atom. The van der Waals surface area contributed by atoms with Crippen LogP contribution in [0.3, 0.4) is 0 Å². The van der Waals surface area contributed by atoms with Gasteiger partial charge in [0.15, 0.2) is 0 Å². The topological polar surface area (TPSA) is 33.6 Å². The van der Waals surface area contributed by atoms with Crippen LogP contribution in [0.2, 0.25) is 0 Å². The highest BCUT2D eigenvalue weighted by molar-refractivity contribution is 5.82. The molecule has 0 aliphatic carbocycles. The van der Waals surface area contributed by atoms with E-state index in [0.29, 0.717) is 0 Å². The number of aliphatic imine (C=N–C) groups is 1. The fraction of sp³-hybridized carbons (Fsp3) is 0.944. The van der Waals surface area contributed by atoms with E-state index in [2.05, 4.69) is 17.2 Å². The van der Waals surface area contributed by atoms with Gasteiger partial charge in [-0.25, -0.2) is 0 Å². The quantitative estimate of drug-likeness (QED) is 0.500. The molecule has 1 saturated heterocycles. The second-order valence-electron chi connectivity index (χ2n) is 6.09. The van der Waals surface area contributed by atoms with Crippen LogP contribution in [0.5, 0.6) is 0 Å². The Bertz CT molecular complexity index is 246. The molecule has 1 aliphatic rings. The van der Waals surface area contributed by atoms with Gasteiger partial charge in [-0.15, -0.1) is 0 Å². The van der Waals surface area contributed by atoms with E-state index in [1.54, 1.807) is 0 Å². The van der Waals surface area contributed by atoms with Crippen LogP contribution in [0.4, 0.5) is 0 Å². The van der Waals surface area contributed by atoms with Crippen LogP contribution in [-0.2, 0) is 4.74 Å². The summed E-state index contributed by atoms with van der Waals surface area (Å²) in [6.45, 7) is 6.04. The molecule has 0 spiro atoms. The molecular formula is C18H36N2O. The van der Waals surface area contributed by atoms with Crippen molar-refractivity contribution in [1.82, 2.24) is 5.32 Å². The van der Waals surface area contributed by atoms with Gasteiger partial charge < -0.3 is 10.1 Å². The van der Waals surface area contributed by atoms with Gasteiger partial charge in [0.1, 0.15) is 0 Å². The lowest BCUT2D eigenvalue weighted by Gasteiger charge is -2.15. The van der Waals surface area contributed by atoms with Crippen LogP contribution >= 0.6 is 0 Å². The van der Waals surface area contributed by atoms with Gasteiger partial charge in [-0.2, -0.15) is 0 Å². The predicted molar refractivity (Wildman–Crippen MR) is 92.2 cm³/mol. The molecule has 1 aliphatic heterocycles. The van der Waals surface area contributed by atoms with Gasteiger partial charge in [0, 0.05) is 32.7 Å². The minimum Gasteiger partial charge on any atom is -0.382 e. The largest absolute Gasteiger partial charge is 0.382 e. The molecule has 0 aromatic rings. The molecule has 3 heteroatoms. The summed E-state index contributed by atoms with van der Waals surface area (Å²) in [5, 5.41) is 3.40. The van der Waals surface area contributed by atoms with Crippen molar-refractivity contribution in [3.63, 3.8) is 0 Å². The molecule has 1 fully saturated rings. The highest BCUT2D eigenvalue weighted by Gasteiger charge is 2.03. The van der Waals surface area contributed by atoms with Crippen LogP contribution < -0.4 is 5.32 Å². The Balaban J connectivity index is 1.74. The van der Waals surface area contributed by atoms with Crippen molar-refractivity contribution >= 4 is 5.84 Å². The lowest BCUT2D eigenvalue weighted by Crippen LogP contribution is -2.29. The van der Waals surface area contributed by atoms with Gasteiger partial charge in [-0.1, -0.05) is 44.9 Å². The molecule has 1 N–H and O–H groups in total. The highest BCUT2D eigenvalue weighted by Crippen LogP contribution is 2.10. The van der Waals surface area contributed by atoms with E-state index in [-0.39, 0.29) is 0 Å². The van der Waals surface area contributed by atoms with Gasteiger partial charge in [-0.05, 0) is 32.6 Å². The van der Waals surface area contributed by atoms with Gasteiger partial charge in [0.05, 0.1) is 5.84 Å². The molecule has 124 valence electrons. The molecule has 0 aromatic heterocycles. The molecule has 0 amide bonds. The lowest BCUT2D eigenvalue weighted by atomic mass is 10.1. The Kier molecular flexibility index (Phi) is 12.6. The first kappa shape index (κ1) is 18.5. The smallest absolute Gasteiger partial charge is 0.0963 e. The van der Waals surface area contributed by atoms with E-state index in [4.69, 9.17) is 4.74 Å². The molecule has 3 nitrogen and oxygen atoms in total. The van der Waals surface area contributed by atoms with Crippen molar-refractivity contribution in [3.8, 4) is 0 Å². The average molecular weight is 296 g/mol. The van der Waals surface area contributed by atoms with Gasteiger partial charge in [0.25, 0.3) is 0 Å². The molecule has 0 unspecified atom stereocenters. The third kappa shape index (κ3) is 11.7. The summed E-state index contributed by atoms with van der Waals surface area (Å²) >= 11 is 0. The third-order valence-electron chi connectivity index (χ3n) is 4.12. The van der Waals surface area contributed by atoms with Crippen molar-refractivity contribution in [3.05, 3.63) is 0 Å².